The standard InChI is InChI=1S/C13H19N3O/c1-10(14-2)13(17)16(12-6-7-12)9-11-5-3-4-8-15-11/h3-5,8,10,12,14H,6-7,9H2,1-2H3. The van der Waals surface area contributed by atoms with E-state index < -0.39 is 0 Å². The van der Waals surface area contributed by atoms with E-state index in [1.807, 2.05) is 37.1 Å². The van der Waals surface area contributed by atoms with Gasteiger partial charge >= 0.3 is 0 Å². The van der Waals surface area contributed by atoms with Gasteiger partial charge in [-0.2, -0.15) is 0 Å². The van der Waals surface area contributed by atoms with Gasteiger partial charge in [0, 0.05) is 12.2 Å². The second-order valence-electron chi connectivity index (χ2n) is 4.53. The Kier molecular flexibility index (Phi) is 3.74. The number of carbonyl (C=O) groups excluding carboxylic acids is 1. The van der Waals surface area contributed by atoms with Crippen molar-refractivity contribution in [3.8, 4) is 0 Å². The number of aromatic nitrogens is 1. The first-order valence-corrected chi connectivity index (χ1v) is 6.10. The first-order chi connectivity index (χ1) is 8.22. The van der Waals surface area contributed by atoms with Crippen LogP contribution in [0, 0.1) is 0 Å². The number of hydrogen-bond acceptors (Lipinski definition) is 3. The van der Waals surface area contributed by atoms with Gasteiger partial charge in [0.1, 0.15) is 0 Å². The fourth-order valence-electron chi connectivity index (χ4n) is 1.81. The van der Waals surface area contributed by atoms with E-state index >= 15 is 0 Å². The molecular formula is C13H19N3O. The summed E-state index contributed by atoms with van der Waals surface area (Å²) >= 11 is 0. The third kappa shape index (κ3) is 3.03. The molecule has 1 heterocycles. The fraction of sp³-hybridized carbons (Fsp3) is 0.538. The topological polar surface area (TPSA) is 45.2 Å². The quantitative estimate of drug-likeness (QED) is 0.830. The van der Waals surface area contributed by atoms with Gasteiger partial charge in [-0.1, -0.05) is 6.07 Å². The zero-order valence-electron chi connectivity index (χ0n) is 10.4. The van der Waals surface area contributed by atoms with Crippen LogP contribution in [0.3, 0.4) is 0 Å². The molecule has 1 aromatic heterocycles. The normalized spacial score (nSPS) is 16.6. The molecule has 0 aromatic carbocycles. The van der Waals surface area contributed by atoms with E-state index in [2.05, 4.69) is 10.3 Å². The van der Waals surface area contributed by atoms with Crippen LogP contribution in [0.5, 0.6) is 0 Å². The molecule has 1 aliphatic rings. The summed E-state index contributed by atoms with van der Waals surface area (Å²) in [6.45, 7) is 2.52. The van der Waals surface area contributed by atoms with Gasteiger partial charge in [0.05, 0.1) is 18.3 Å². The third-order valence-electron chi connectivity index (χ3n) is 3.13. The van der Waals surface area contributed by atoms with Gasteiger partial charge in [-0.15, -0.1) is 0 Å². The number of carbonyl (C=O) groups is 1. The number of nitrogens with zero attached hydrogens (tertiary/aromatic N) is 2. The van der Waals surface area contributed by atoms with E-state index in [-0.39, 0.29) is 11.9 Å². The van der Waals surface area contributed by atoms with Gasteiger partial charge in [-0.3, -0.25) is 9.78 Å². The number of nitrogens with one attached hydrogen (secondary N) is 1. The van der Waals surface area contributed by atoms with Gasteiger partial charge in [0.25, 0.3) is 0 Å². The molecule has 4 heteroatoms. The van der Waals surface area contributed by atoms with Crippen molar-refractivity contribution in [1.29, 1.82) is 0 Å². The van der Waals surface area contributed by atoms with Crippen LogP contribution in [-0.2, 0) is 11.3 Å². The maximum Gasteiger partial charge on any atom is 0.240 e. The molecule has 1 atom stereocenters. The van der Waals surface area contributed by atoms with Crippen LogP contribution in [-0.4, -0.2) is 34.9 Å². The van der Waals surface area contributed by atoms with E-state index in [0.717, 1.165) is 18.5 Å². The summed E-state index contributed by atoms with van der Waals surface area (Å²) in [6, 6.07) is 6.11. The highest BCUT2D eigenvalue weighted by molar-refractivity contribution is 5.82. The monoisotopic (exact) mass is 233 g/mol. The number of hydrogen-bond donors (Lipinski definition) is 1. The van der Waals surface area contributed by atoms with Crippen LogP contribution < -0.4 is 5.32 Å². The Morgan fingerprint density at radius 1 is 1.59 bits per heavy atom. The fourth-order valence-corrected chi connectivity index (χ4v) is 1.81. The van der Waals surface area contributed by atoms with E-state index in [9.17, 15) is 4.79 Å². The summed E-state index contributed by atoms with van der Waals surface area (Å²) in [6.07, 6.45) is 4.01. The van der Waals surface area contributed by atoms with E-state index in [4.69, 9.17) is 0 Å². The maximum atomic E-state index is 12.2. The molecule has 2 rings (SSSR count). The molecule has 0 radical (unpaired) electrons. The molecule has 1 saturated carbocycles. The lowest BCUT2D eigenvalue weighted by Gasteiger charge is -2.25. The van der Waals surface area contributed by atoms with Crippen molar-refractivity contribution >= 4 is 5.91 Å². The minimum Gasteiger partial charge on any atom is -0.332 e. The van der Waals surface area contributed by atoms with Crippen molar-refractivity contribution in [2.75, 3.05) is 7.05 Å². The first-order valence-electron chi connectivity index (χ1n) is 6.10. The Balaban J connectivity index is 2.05. The Labute approximate surface area is 102 Å². The number of likely N-dealkylation sites (N-methyl/N-ethyl adjacent to an activating group) is 1. The van der Waals surface area contributed by atoms with E-state index in [0.29, 0.717) is 12.6 Å². The highest BCUT2D eigenvalue weighted by Crippen LogP contribution is 2.28. The van der Waals surface area contributed by atoms with Crippen molar-refractivity contribution in [3.63, 3.8) is 0 Å². The molecule has 1 aromatic rings. The van der Waals surface area contributed by atoms with E-state index in [1.165, 1.54) is 0 Å². The van der Waals surface area contributed by atoms with Crippen LogP contribution in [0.1, 0.15) is 25.5 Å². The highest BCUT2D eigenvalue weighted by atomic mass is 16.2. The lowest BCUT2D eigenvalue weighted by atomic mass is 10.2. The van der Waals surface area contributed by atoms with Crippen molar-refractivity contribution in [2.24, 2.45) is 0 Å². The Morgan fingerprint density at radius 2 is 2.35 bits per heavy atom. The minimum atomic E-state index is -0.126. The summed E-state index contributed by atoms with van der Waals surface area (Å²) in [5.41, 5.74) is 0.955. The molecule has 0 saturated heterocycles. The van der Waals surface area contributed by atoms with Gasteiger partial charge in [-0.05, 0) is 38.9 Å². The Morgan fingerprint density at radius 3 is 2.88 bits per heavy atom. The van der Waals surface area contributed by atoms with Gasteiger partial charge in [-0.25, -0.2) is 0 Å². The van der Waals surface area contributed by atoms with E-state index in [1.54, 1.807) is 6.20 Å². The average Bonchev–Trinajstić information content (AvgIpc) is 3.19. The average molecular weight is 233 g/mol. The van der Waals surface area contributed by atoms with Crippen LogP contribution in [0.15, 0.2) is 24.4 Å². The molecule has 1 N–H and O–H groups in total. The summed E-state index contributed by atoms with van der Waals surface area (Å²) in [4.78, 5) is 18.4. The molecule has 0 spiro atoms. The van der Waals surface area contributed by atoms with Crippen molar-refractivity contribution in [1.82, 2.24) is 15.2 Å². The van der Waals surface area contributed by atoms with Crippen LogP contribution >= 0.6 is 0 Å². The van der Waals surface area contributed by atoms with Gasteiger partial charge in [0.2, 0.25) is 5.91 Å². The predicted octanol–water partition coefficient (Wildman–Crippen LogP) is 1.18. The van der Waals surface area contributed by atoms with Gasteiger partial charge < -0.3 is 10.2 Å². The second kappa shape index (κ2) is 5.27. The molecule has 17 heavy (non-hydrogen) atoms. The molecule has 1 fully saturated rings. The summed E-state index contributed by atoms with van der Waals surface area (Å²) in [7, 11) is 1.81. The van der Waals surface area contributed by atoms with Gasteiger partial charge in [0.15, 0.2) is 0 Å². The van der Waals surface area contributed by atoms with Crippen molar-refractivity contribution in [2.45, 2.75) is 38.4 Å². The largest absolute Gasteiger partial charge is 0.332 e. The van der Waals surface area contributed by atoms with Crippen LogP contribution in [0.2, 0.25) is 0 Å². The number of rotatable bonds is 5. The summed E-state index contributed by atoms with van der Waals surface area (Å²) in [5, 5.41) is 3.00. The molecule has 0 aliphatic heterocycles. The summed E-state index contributed by atoms with van der Waals surface area (Å²) < 4.78 is 0. The molecule has 92 valence electrons. The van der Waals surface area contributed by atoms with Crippen molar-refractivity contribution in [3.05, 3.63) is 30.1 Å². The Hall–Kier alpha value is -1.42. The lowest BCUT2D eigenvalue weighted by Crippen LogP contribution is -2.44. The SMILES string of the molecule is CNC(C)C(=O)N(Cc1ccccn1)C1CC1. The first kappa shape index (κ1) is 12.0. The molecule has 1 amide bonds. The third-order valence-corrected chi connectivity index (χ3v) is 3.13. The smallest absolute Gasteiger partial charge is 0.240 e. The zero-order valence-corrected chi connectivity index (χ0v) is 10.4. The molecule has 1 unspecified atom stereocenters. The number of pyridine rings is 1. The van der Waals surface area contributed by atoms with Crippen LogP contribution in [0.4, 0.5) is 0 Å². The Bertz CT molecular complexity index is 376. The maximum absolute atomic E-state index is 12.2. The van der Waals surface area contributed by atoms with Crippen LogP contribution in [0.25, 0.3) is 0 Å². The minimum absolute atomic E-state index is 0.126. The lowest BCUT2D eigenvalue weighted by molar-refractivity contribution is -0.134. The molecule has 0 bridgehead atoms. The molecular weight excluding hydrogens is 214 g/mol. The van der Waals surface area contributed by atoms with Crippen molar-refractivity contribution < 1.29 is 4.79 Å². The highest BCUT2D eigenvalue weighted by Gasteiger charge is 2.34. The predicted molar refractivity (Wildman–Crippen MR) is 66.3 cm³/mol. The molecule has 4 nitrogen and oxygen atoms in total. The number of amides is 1. The summed E-state index contributed by atoms with van der Waals surface area (Å²) in [5.74, 6) is 0.167. The zero-order chi connectivity index (χ0) is 12.3. The molecule has 1 aliphatic carbocycles. The second-order valence-corrected chi connectivity index (χ2v) is 4.53.